The van der Waals surface area contributed by atoms with Gasteiger partial charge in [0, 0.05) is 5.56 Å². The van der Waals surface area contributed by atoms with Crippen LogP contribution in [-0.2, 0) is 12.0 Å². The van der Waals surface area contributed by atoms with Crippen molar-refractivity contribution in [3.63, 3.8) is 0 Å². The van der Waals surface area contributed by atoms with Crippen molar-refractivity contribution in [2.45, 2.75) is 45.6 Å². The maximum atomic E-state index is 10.0. The molecule has 0 radical (unpaired) electrons. The first-order valence-corrected chi connectivity index (χ1v) is 5.85. The topological polar surface area (TPSA) is 40.5 Å². The third-order valence-electron chi connectivity index (χ3n) is 3.02. The molecule has 1 fully saturated rings. The van der Waals surface area contributed by atoms with Gasteiger partial charge in [-0.3, -0.25) is 0 Å². The summed E-state index contributed by atoms with van der Waals surface area (Å²) in [6.45, 7) is 6.56. The normalized spacial score (nSPS) is 18.5. The predicted molar refractivity (Wildman–Crippen MR) is 64.4 cm³/mol. The Hall–Kier alpha value is -1.02. The molecule has 2 nitrogen and oxygen atoms in total. The van der Waals surface area contributed by atoms with E-state index in [1.165, 1.54) is 5.56 Å². The molecule has 16 heavy (non-hydrogen) atoms. The molecule has 1 aliphatic rings. The number of rotatable bonds is 2. The zero-order chi connectivity index (χ0) is 12.0. The van der Waals surface area contributed by atoms with E-state index < -0.39 is 5.60 Å². The van der Waals surface area contributed by atoms with Crippen molar-refractivity contribution < 1.29 is 10.2 Å². The Morgan fingerprint density at radius 3 is 2.38 bits per heavy atom. The first-order chi connectivity index (χ1) is 7.30. The van der Waals surface area contributed by atoms with E-state index in [-0.39, 0.29) is 11.2 Å². The van der Waals surface area contributed by atoms with Gasteiger partial charge in [0.05, 0.1) is 5.60 Å². The van der Waals surface area contributed by atoms with E-state index in [2.05, 4.69) is 20.8 Å². The number of phenols is 1. The Morgan fingerprint density at radius 1 is 1.25 bits per heavy atom. The molecule has 88 valence electrons. The zero-order valence-corrected chi connectivity index (χ0v) is 10.2. The van der Waals surface area contributed by atoms with Crippen LogP contribution in [0.3, 0.4) is 0 Å². The Balaban J connectivity index is 2.29. The van der Waals surface area contributed by atoms with Crippen molar-refractivity contribution in [1.82, 2.24) is 0 Å². The second-order valence-corrected chi connectivity index (χ2v) is 6.12. The molecule has 0 bridgehead atoms. The fraction of sp³-hybridized carbons (Fsp3) is 0.571. The Bertz CT molecular complexity index is 398. The fourth-order valence-corrected chi connectivity index (χ4v) is 2.07. The van der Waals surface area contributed by atoms with Crippen LogP contribution in [0.2, 0.25) is 0 Å². The number of phenolic OH excluding ortho intramolecular Hbond substituents is 1. The first kappa shape index (κ1) is 11.5. The van der Waals surface area contributed by atoms with Gasteiger partial charge in [-0.15, -0.1) is 0 Å². The van der Waals surface area contributed by atoms with Crippen molar-refractivity contribution >= 4 is 0 Å². The van der Waals surface area contributed by atoms with E-state index >= 15 is 0 Å². The summed E-state index contributed by atoms with van der Waals surface area (Å²) >= 11 is 0. The van der Waals surface area contributed by atoms with Gasteiger partial charge in [0.25, 0.3) is 0 Å². The summed E-state index contributed by atoms with van der Waals surface area (Å²) in [4.78, 5) is 0. The summed E-state index contributed by atoms with van der Waals surface area (Å²) in [5, 5.41) is 19.8. The summed E-state index contributed by atoms with van der Waals surface area (Å²) in [5.74, 6) is 0.220. The Kier molecular flexibility index (Phi) is 2.50. The highest BCUT2D eigenvalue weighted by molar-refractivity contribution is 5.42. The summed E-state index contributed by atoms with van der Waals surface area (Å²) < 4.78 is 0. The SMILES string of the molecule is CC(C)(C)Cc1ccc(O)c(C2(O)CC2)c1. The molecule has 0 unspecified atom stereocenters. The Morgan fingerprint density at radius 2 is 1.88 bits per heavy atom. The van der Waals surface area contributed by atoms with Crippen molar-refractivity contribution in [1.29, 1.82) is 0 Å². The average Bonchev–Trinajstić information content (AvgIpc) is 2.86. The van der Waals surface area contributed by atoms with Gasteiger partial charge >= 0.3 is 0 Å². The van der Waals surface area contributed by atoms with Crippen LogP contribution < -0.4 is 0 Å². The molecule has 0 amide bonds. The monoisotopic (exact) mass is 220 g/mol. The smallest absolute Gasteiger partial charge is 0.121 e. The highest BCUT2D eigenvalue weighted by Crippen LogP contribution is 2.48. The van der Waals surface area contributed by atoms with Gasteiger partial charge in [-0.05, 0) is 42.4 Å². The molecule has 2 rings (SSSR count). The number of aromatic hydroxyl groups is 1. The van der Waals surface area contributed by atoms with Crippen LogP contribution in [0.5, 0.6) is 5.75 Å². The molecule has 0 aliphatic heterocycles. The molecule has 1 aromatic rings. The molecule has 1 aromatic carbocycles. The number of aliphatic hydroxyl groups is 1. The van der Waals surface area contributed by atoms with Gasteiger partial charge in [-0.1, -0.05) is 26.8 Å². The predicted octanol–water partition coefficient (Wildman–Crippen LogP) is 2.96. The standard InChI is InChI=1S/C14H20O2/c1-13(2,3)9-10-4-5-12(15)11(8-10)14(16)6-7-14/h4-5,8,15-16H,6-7,9H2,1-3H3. The van der Waals surface area contributed by atoms with Gasteiger partial charge in [0.2, 0.25) is 0 Å². The number of hydrogen-bond acceptors (Lipinski definition) is 2. The molecular weight excluding hydrogens is 200 g/mol. The average molecular weight is 220 g/mol. The quantitative estimate of drug-likeness (QED) is 0.804. The van der Waals surface area contributed by atoms with Gasteiger partial charge in [0.1, 0.15) is 5.75 Å². The van der Waals surface area contributed by atoms with E-state index in [0.29, 0.717) is 5.56 Å². The second kappa shape index (κ2) is 3.49. The van der Waals surface area contributed by atoms with E-state index in [9.17, 15) is 10.2 Å². The lowest BCUT2D eigenvalue weighted by Gasteiger charge is -2.20. The van der Waals surface area contributed by atoms with Crippen molar-refractivity contribution in [3.05, 3.63) is 29.3 Å². The van der Waals surface area contributed by atoms with Crippen molar-refractivity contribution in [2.24, 2.45) is 5.41 Å². The summed E-state index contributed by atoms with van der Waals surface area (Å²) in [7, 11) is 0. The van der Waals surface area contributed by atoms with Gasteiger partial charge in [0.15, 0.2) is 0 Å². The van der Waals surface area contributed by atoms with Crippen molar-refractivity contribution in [3.8, 4) is 5.75 Å². The van der Waals surface area contributed by atoms with Crippen LogP contribution in [0.25, 0.3) is 0 Å². The minimum Gasteiger partial charge on any atom is -0.508 e. The van der Waals surface area contributed by atoms with Crippen LogP contribution in [-0.4, -0.2) is 10.2 Å². The molecule has 0 heterocycles. The maximum Gasteiger partial charge on any atom is 0.121 e. The van der Waals surface area contributed by atoms with E-state index in [1.807, 2.05) is 12.1 Å². The van der Waals surface area contributed by atoms with Crippen LogP contribution in [0.1, 0.15) is 44.7 Å². The van der Waals surface area contributed by atoms with Crippen LogP contribution in [0.4, 0.5) is 0 Å². The van der Waals surface area contributed by atoms with E-state index in [4.69, 9.17) is 0 Å². The highest BCUT2D eigenvalue weighted by Gasteiger charge is 2.44. The second-order valence-electron chi connectivity index (χ2n) is 6.12. The lowest BCUT2D eigenvalue weighted by atomic mass is 9.87. The molecule has 2 heteroatoms. The molecule has 2 N–H and O–H groups in total. The molecule has 0 saturated heterocycles. The molecule has 0 aromatic heterocycles. The Labute approximate surface area is 96.9 Å². The third-order valence-corrected chi connectivity index (χ3v) is 3.02. The highest BCUT2D eigenvalue weighted by atomic mass is 16.3. The summed E-state index contributed by atoms with van der Waals surface area (Å²) in [6.07, 6.45) is 2.48. The number of hydrogen-bond donors (Lipinski definition) is 2. The van der Waals surface area contributed by atoms with Gasteiger partial charge < -0.3 is 10.2 Å². The van der Waals surface area contributed by atoms with E-state index in [0.717, 1.165) is 19.3 Å². The third kappa shape index (κ3) is 2.38. The number of benzene rings is 1. The first-order valence-electron chi connectivity index (χ1n) is 5.85. The lowest BCUT2D eigenvalue weighted by Crippen LogP contribution is -2.11. The zero-order valence-electron chi connectivity index (χ0n) is 10.2. The minimum atomic E-state index is -0.752. The summed E-state index contributed by atoms with van der Waals surface area (Å²) in [5.41, 5.74) is 1.35. The van der Waals surface area contributed by atoms with Gasteiger partial charge in [-0.25, -0.2) is 0 Å². The molecule has 0 atom stereocenters. The molecule has 0 spiro atoms. The molecule has 1 saturated carbocycles. The lowest BCUT2D eigenvalue weighted by molar-refractivity contribution is 0.147. The van der Waals surface area contributed by atoms with Crippen LogP contribution in [0.15, 0.2) is 18.2 Å². The van der Waals surface area contributed by atoms with Crippen molar-refractivity contribution in [2.75, 3.05) is 0 Å². The van der Waals surface area contributed by atoms with Crippen LogP contribution >= 0.6 is 0 Å². The van der Waals surface area contributed by atoms with Crippen LogP contribution in [0, 0.1) is 5.41 Å². The van der Waals surface area contributed by atoms with E-state index in [1.54, 1.807) is 6.07 Å². The molecule has 1 aliphatic carbocycles. The fourth-order valence-electron chi connectivity index (χ4n) is 2.07. The molecular formula is C14H20O2. The summed E-state index contributed by atoms with van der Waals surface area (Å²) in [6, 6.07) is 5.59. The van der Waals surface area contributed by atoms with Gasteiger partial charge in [-0.2, -0.15) is 0 Å². The maximum absolute atomic E-state index is 10.0. The minimum absolute atomic E-state index is 0.220. The largest absolute Gasteiger partial charge is 0.508 e.